The number of aryl methyl sites for hydroxylation is 1. The molecule has 1 saturated heterocycles. The fourth-order valence-electron chi connectivity index (χ4n) is 2.69. The summed E-state index contributed by atoms with van der Waals surface area (Å²) in [6.07, 6.45) is 1.06. The Bertz CT molecular complexity index is 442. The van der Waals surface area contributed by atoms with Crippen molar-refractivity contribution in [1.29, 1.82) is 0 Å². The number of rotatable bonds is 4. The minimum Gasteiger partial charge on any atom is -0.496 e. The topological polar surface area (TPSA) is 24.5 Å². The second kappa shape index (κ2) is 6.73. The number of methoxy groups -OCH3 is 1. The van der Waals surface area contributed by atoms with Gasteiger partial charge < -0.3 is 15.0 Å². The van der Waals surface area contributed by atoms with E-state index in [4.69, 9.17) is 4.74 Å². The molecule has 0 bridgehead atoms. The van der Waals surface area contributed by atoms with E-state index in [1.54, 1.807) is 7.11 Å². The van der Waals surface area contributed by atoms with Gasteiger partial charge in [-0.25, -0.2) is 0 Å². The van der Waals surface area contributed by atoms with E-state index < -0.39 is 0 Å². The molecule has 19 heavy (non-hydrogen) atoms. The van der Waals surface area contributed by atoms with Gasteiger partial charge in [-0.1, -0.05) is 15.9 Å². The third-order valence-electron chi connectivity index (χ3n) is 3.88. The third kappa shape index (κ3) is 3.50. The summed E-state index contributed by atoms with van der Waals surface area (Å²) >= 11 is 3.60. The number of halogens is 1. The molecule has 0 spiro atoms. The summed E-state index contributed by atoms with van der Waals surface area (Å²) in [5, 5.41) is 3.39. The van der Waals surface area contributed by atoms with E-state index in [2.05, 4.69) is 46.1 Å². The van der Waals surface area contributed by atoms with Crippen LogP contribution in [0.15, 0.2) is 10.5 Å². The molecule has 1 fully saturated rings. The van der Waals surface area contributed by atoms with Gasteiger partial charge in [0.15, 0.2) is 0 Å². The molecular weight excluding hydrogens is 304 g/mol. The standard InChI is InChI=1S/C15H23BrN2O/c1-11-10-14(16)12(2)15(19-3)13(11)4-7-18-8-5-17-6-9-18/h10,17H,4-9H2,1-3H3. The molecular formula is C15H23BrN2O. The first-order chi connectivity index (χ1) is 9.13. The van der Waals surface area contributed by atoms with E-state index >= 15 is 0 Å². The van der Waals surface area contributed by atoms with E-state index in [1.807, 2.05) is 0 Å². The number of nitrogens with one attached hydrogen (secondary N) is 1. The Morgan fingerprint density at radius 2 is 2.00 bits per heavy atom. The molecule has 2 rings (SSSR count). The second-order valence-corrected chi connectivity index (χ2v) is 6.01. The zero-order valence-electron chi connectivity index (χ0n) is 12.1. The highest BCUT2D eigenvalue weighted by atomic mass is 79.9. The van der Waals surface area contributed by atoms with Gasteiger partial charge in [-0.2, -0.15) is 0 Å². The van der Waals surface area contributed by atoms with E-state index in [9.17, 15) is 0 Å². The Labute approximate surface area is 124 Å². The van der Waals surface area contributed by atoms with Gasteiger partial charge in [0.25, 0.3) is 0 Å². The summed E-state index contributed by atoms with van der Waals surface area (Å²) in [5.74, 6) is 1.04. The van der Waals surface area contributed by atoms with Crippen LogP contribution < -0.4 is 10.1 Å². The number of benzene rings is 1. The largest absolute Gasteiger partial charge is 0.496 e. The van der Waals surface area contributed by atoms with Crippen LogP contribution in [0, 0.1) is 13.8 Å². The highest BCUT2D eigenvalue weighted by molar-refractivity contribution is 9.10. The van der Waals surface area contributed by atoms with Crippen molar-refractivity contribution in [1.82, 2.24) is 10.2 Å². The number of hydrogen-bond donors (Lipinski definition) is 1. The van der Waals surface area contributed by atoms with Crippen molar-refractivity contribution < 1.29 is 4.74 Å². The highest BCUT2D eigenvalue weighted by Gasteiger charge is 2.15. The molecule has 0 amide bonds. The van der Waals surface area contributed by atoms with E-state index in [1.165, 1.54) is 16.7 Å². The molecule has 0 aromatic heterocycles. The van der Waals surface area contributed by atoms with E-state index in [0.717, 1.165) is 49.4 Å². The van der Waals surface area contributed by atoms with Crippen LogP contribution in [0.1, 0.15) is 16.7 Å². The zero-order valence-corrected chi connectivity index (χ0v) is 13.6. The predicted octanol–water partition coefficient (Wildman–Crippen LogP) is 2.52. The van der Waals surface area contributed by atoms with Gasteiger partial charge in [0.05, 0.1) is 7.11 Å². The second-order valence-electron chi connectivity index (χ2n) is 5.15. The van der Waals surface area contributed by atoms with Crippen LogP contribution in [0.2, 0.25) is 0 Å². The minimum atomic E-state index is 1.04. The van der Waals surface area contributed by atoms with Crippen LogP contribution in [0.25, 0.3) is 0 Å². The molecule has 1 aromatic rings. The Hall–Kier alpha value is -0.580. The molecule has 1 N–H and O–H groups in total. The molecule has 0 unspecified atom stereocenters. The fourth-order valence-corrected chi connectivity index (χ4v) is 3.21. The first kappa shape index (κ1) is 14.8. The molecule has 1 aromatic carbocycles. The molecule has 0 atom stereocenters. The maximum Gasteiger partial charge on any atom is 0.126 e. The molecule has 0 radical (unpaired) electrons. The van der Waals surface area contributed by atoms with Crippen LogP contribution in [-0.2, 0) is 6.42 Å². The molecule has 1 aliphatic rings. The minimum absolute atomic E-state index is 1.04. The van der Waals surface area contributed by atoms with Gasteiger partial charge in [0, 0.05) is 42.8 Å². The van der Waals surface area contributed by atoms with Gasteiger partial charge in [0.2, 0.25) is 0 Å². The zero-order chi connectivity index (χ0) is 13.8. The van der Waals surface area contributed by atoms with Crippen LogP contribution in [-0.4, -0.2) is 44.7 Å². The molecule has 106 valence electrons. The lowest BCUT2D eigenvalue weighted by atomic mass is 10.0. The van der Waals surface area contributed by atoms with Gasteiger partial charge >= 0.3 is 0 Å². The summed E-state index contributed by atoms with van der Waals surface area (Å²) in [7, 11) is 1.77. The lowest BCUT2D eigenvalue weighted by Gasteiger charge is -2.27. The van der Waals surface area contributed by atoms with E-state index in [-0.39, 0.29) is 0 Å². The summed E-state index contributed by atoms with van der Waals surface area (Å²) in [5.41, 5.74) is 3.86. The first-order valence-electron chi connectivity index (χ1n) is 6.89. The third-order valence-corrected chi connectivity index (χ3v) is 4.71. The number of ether oxygens (including phenoxy) is 1. The number of piperazine rings is 1. The predicted molar refractivity (Wildman–Crippen MR) is 83.2 cm³/mol. The summed E-state index contributed by atoms with van der Waals surface area (Å²) in [6, 6.07) is 2.20. The Morgan fingerprint density at radius 1 is 1.32 bits per heavy atom. The Kier molecular flexibility index (Phi) is 5.25. The van der Waals surface area contributed by atoms with Crippen molar-refractivity contribution in [3.05, 3.63) is 27.2 Å². The van der Waals surface area contributed by atoms with Crippen molar-refractivity contribution in [2.75, 3.05) is 39.8 Å². The fraction of sp³-hybridized carbons (Fsp3) is 0.600. The van der Waals surface area contributed by atoms with Gasteiger partial charge in [-0.05, 0) is 37.5 Å². The molecule has 0 saturated carbocycles. The van der Waals surface area contributed by atoms with Crippen molar-refractivity contribution in [2.45, 2.75) is 20.3 Å². The summed E-state index contributed by atoms with van der Waals surface area (Å²) < 4.78 is 6.75. The number of nitrogens with zero attached hydrogens (tertiary/aromatic N) is 1. The summed E-state index contributed by atoms with van der Waals surface area (Å²) in [4.78, 5) is 2.52. The lowest BCUT2D eigenvalue weighted by molar-refractivity contribution is 0.243. The number of hydrogen-bond acceptors (Lipinski definition) is 3. The van der Waals surface area contributed by atoms with Gasteiger partial charge in [0.1, 0.15) is 5.75 Å². The summed E-state index contributed by atoms with van der Waals surface area (Å²) in [6.45, 7) is 9.90. The lowest BCUT2D eigenvalue weighted by Crippen LogP contribution is -2.44. The van der Waals surface area contributed by atoms with Crippen molar-refractivity contribution >= 4 is 15.9 Å². The molecule has 3 nitrogen and oxygen atoms in total. The molecule has 1 aliphatic heterocycles. The van der Waals surface area contributed by atoms with Crippen molar-refractivity contribution in [3.8, 4) is 5.75 Å². The Morgan fingerprint density at radius 3 is 2.63 bits per heavy atom. The Balaban J connectivity index is 2.12. The van der Waals surface area contributed by atoms with Gasteiger partial charge in [-0.3, -0.25) is 0 Å². The molecule has 0 aliphatic carbocycles. The van der Waals surface area contributed by atoms with Crippen LogP contribution >= 0.6 is 15.9 Å². The maximum atomic E-state index is 5.62. The first-order valence-corrected chi connectivity index (χ1v) is 7.68. The van der Waals surface area contributed by atoms with E-state index in [0.29, 0.717) is 0 Å². The monoisotopic (exact) mass is 326 g/mol. The highest BCUT2D eigenvalue weighted by Crippen LogP contribution is 2.33. The average Bonchev–Trinajstić information content (AvgIpc) is 2.42. The van der Waals surface area contributed by atoms with Crippen LogP contribution in [0.5, 0.6) is 5.75 Å². The molecule has 1 heterocycles. The van der Waals surface area contributed by atoms with Crippen molar-refractivity contribution in [2.24, 2.45) is 0 Å². The van der Waals surface area contributed by atoms with Crippen LogP contribution in [0.3, 0.4) is 0 Å². The maximum absolute atomic E-state index is 5.62. The normalized spacial score (nSPS) is 16.6. The molecule has 4 heteroatoms. The van der Waals surface area contributed by atoms with Gasteiger partial charge in [-0.15, -0.1) is 0 Å². The average molecular weight is 327 g/mol. The SMILES string of the molecule is COc1c(C)c(Br)cc(C)c1CCN1CCNCC1. The van der Waals surface area contributed by atoms with Crippen LogP contribution in [0.4, 0.5) is 0 Å². The quantitative estimate of drug-likeness (QED) is 0.920. The smallest absolute Gasteiger partial charge is 0.126 e. The van der Waals surface area contributed by atoms with Crippen molar-refractivity contribution in [3.63, 3.8) is 0 Å².